The SMILES string of the molecule is O=C1[N]C=CCN1. The van der Waals surface area contributed by atoms with Crippen molar-refractivity contribution in [1.29, 1.82) is 0 Å². The summed E-state index contributed by atoms with van der Waals surface area (Å²) in [6.45, 7) is 0.613. The first kappa shape index (κ1) is 4.18. The third-order valence-corrected chi connectivity index (χ3v) is 0.668. The smallest absolute Gasteiger partial charge is 0.333 e. The van der Waals surface area contributed by atoms with Crippen LogP contribution >= 0.6 is 0 Å². The molecule has 3 nitrogen and oxygen atoms in total. The van der Waals surface area contributed by atoms with Gasteiger partial charge in [0.2, 0.25) is 0 Å². The fraction of sp³-hybridized carbons (Fsp3) is 0.250. The molecule has 0 saturated heterocycles. The Morgan fingerprint density at radius 3 is 3.00 bits per heavy atom. The minimum absolute atomic E-state index is 0.248. The molecule has 0 atom stereocenters. The van der Waals surface area contributed by atoms with Gasteiger partial charge in [-0.05, 0) is 6.08 Å². The first-order valence-corrected chi connectivity index (χ1v) is 2.03. The van der Waals surface area contributed by atoms with Crippen LogP contribution in [-0.4, -0.2) is 12.6 Å². The van der Waals surface area contributed by atoms with E-state index in [2.05, 4.69) is 10.6 Å². The number of nitrogens with one attached hydrogen (secondary N) is 1. The molecular weight excluding hydrogens is 92.1 g/mol. The van der Waals surface area contributed by atoms with Crippen molar-refractivity contribution in [2.75, 3.05) is 6.54 Å². The van der Waals surface area contributed by atoms with Crippen molar-refractivity contribution in [2.45, 2.75) is 0 Å². The summed E-state index contributed by atoms with van der Waals surface area (Å²) < 4.78 is 0. The van der Waals surface area contributed by atoms with E-state index in [1.807, 2.05) is 0 Å². The Morgan fingerprint density at radius 1 is 1.86 bits per heavy atom. The van der Waals surface area contributed by atoms with Crippen LogP contribution in [0.4, 0.5) is 4.79 Å². The lowest BCUT2D eigenvalue weighted by atomic mass is 10.5. The third-order valence-electron chi connectivity index (χ3n) is 0.668. The van der Waals surface area contributed by atoms with Crippen molar-refractivity contribution >= 4 is 6.03 Å². The van der Waals surface area contributed by atoms with Crippen molar-refractivity contribution in [3.8, 4) is 0 Å². The zero-order chi connectivity index (χ0) is 5.11. The molecular formula is C4H5N2O. The van der Waals surface area contributed by atoms with Gasteiger partial charge in [0.15, 0.2) is 0 Å². The minimum atomic E-state index is -0.248. The molecule has 0 aromatic rings. The summed E-state index contributed by atoms with van der Waals surface area (Å²) in [7, 11) is 0. The van der Waals surface area contributed by atoms with E-state index < -0.39 is 0 Å². The molecule has 1 aliphatic heterocycles. The molecule has 0 aromatic heterocycles. The highest BCUT2D eigenvalue weighted by atomic mass is 16.2. The van der Waals surface area contributed by atoms with Crippen molar-refractivity contribution in [3.63, 3.8) is 0 Å². The van der Waals surface area contributed by atoms with E-state index in [0.29, 0.717) is 6.54 Å². The number of hydrogen-bond acceptors (Lipinski definition) is 1. The summed E-state index contributed by atoms with van der Waals surface area (Å²) in [5.74, 6) is 0. The highest BCUT2D eigenvalue weighted by molar-refractivity contribution is 5.75. The summed E-state index contributed by atoms with van der Waals surface area (Å²) >= 11 is 0. The van der Waals surface area contributed by atoms with Crippen LogP contribution in [0.15, 0.2) is 12.3 Å². The average molecular weight is 97.1 g/mol. The summed E-state index contributed by atoms with van der Waals surface area (Å²) in [6, 6.07) is -0.248. The lowest BCUT2D eigenvalue weighted by molar-refractivity contribution is 0.243. The zero-order valence-electron chi connectivity index (χ0n) is 3.72. The van der Waals surface area contributed by atoms with E-state index in [0.717, 1.165) is 0 Å². The fourth-order valence-corrected chi connectivity index (χ4v) is 0.365. The van der Waals surface area contributed by atoms with E-state index in [-0.39, 0.29) is 6.03 Å². The van der Waals surface area contributed by atoms with E-state index in [9.17, 15) is 4.79 Å². The summed E-state index contributed by atoms with van der Waals surface area (Å²) in [5.41, 5.74) is 0. The van der Waals surface area contributed by atoms with E-state index in [1.165, 1.54) is 6.20 Å². The second-order valence-electron chi connectivity index (χ2n) is 1.20. The second kappa shape index (κ2) is 1.64. The Hall–Kier alpha value is -0.990. The van der Waals surface area contributed by atoms with Crippen LogP contribution in [0.1, 0.15) is 0 Å². The van der Waals surface area contributed by atoms with Gasteiger partial charge in [0, 0.05) is 12.7 Å². The van der Waals surface area contributed by atoms with Gasteiger partial charge in [-0.1, -0.05) is 0 Å². The highest BCUT2D eigenvalue weighted by Crippen LogP contribution is 1.77. The molecule has 0 aliphatic carbocycles. The minimum Gasteiger partial charge on any atom is -0.333 e. The number of nitrogens with zero attached hydrogens (tertiary/aromatic N) is 1. The Labute approximate surface area is 41.4 Å². The molecule has 0 saturated carbocycles. The number of carbonyl (C=O) groups is 1. The monoisotopic (exact) mass is 97.0 g/mol. The number of carbonyl (C=O) groups excluding carboxylic acids is 1. The molecule has 0 bridgehead atoms. The normalized spacial score (nSPS) is 18.0. The summed E-state index contributed by atoms with van der Waals surface area (Å²) in [5, 5.41) is 5.89. The quantitative estimate of drug-likeness (QED) is 0.448. The van der Waals surface area contributed by atoms with Crippen molar-refractivity contribution in [2.24, 2.45) is 0 Å². The van der Waals surface area contributed by atoms with Gasteiger partial charge in [0.25, 0.3) is 0 Å². The van der Waals surface area contributed by atoms with E-state index in [1.54, 1.807) is 6.08 Å². The van der Waals surface area contributed by atoms with Gasteiger partial charge in [0.05, 0.1) is 0 Å². The van der Waals surface area contributed by atoms with Crippen LogP contribution < -0.4 is 10.6 Å². The van der Waals surface area contributed by atoms with Gasteiger partial charge in [-0.3, -0.25) is 0 Å². The van der Waals surface area contributed by atoms with Gasteiger partial charge in [-0.25, -0.2) is 10.1 Å². The maximum atomic E-state index is 10.1. The van der Waals surface area contributed by atoms with Crippen molar-refractivity contribution in [1.82, 2.24) is 10.6 Å². The average Bonchev–Trinajstić information content (AvgIpc) is 1.69. The lowest BCUT2D eigenvalue weighted by Gasteiger charge is -2.01. The topological polar surface area (TPSA) is 43.2 Å². The Balaban J connectivity index is 2.47. The van der Waals surface area contributed by atoms with Crippen molar-refractivity contribution < 1.29 is 4.79 Å². The standard InChI is InChI=1S/C4H5N2O/c7-4-5-2-1-3-6-4/h1-2H,3H2,(H,6,7). The second-order valence-corrected chi connectivity index (χ2v) is 1.20. The summed E-state index contributed by atoms with van der Waals surface area (Å²) in [4.78, 5) is 10.1. The maximum Gasteiger partial charge on any atom is 0.341 e. The van der Waals surface area contributed by atoms with Crippen LogP contribution in [0.25, 0.3) is 0 Å². The van der Waals surface area contributed by atoms with Gasteiger partial charge < -0.3 is 5.32 Å². The van der Waals surface area contributed by atoms with Gasteiger partial charge in [-0.2, -0.15) is 0 Å². The Kier molecular flexibility index (Phi) is 0.978. The molecule has 0 fully saturated rings. The fourth-order valence-electron chi connectivity index (χ4n) is 0.365. The Morgan fingerprint density at radius 2 is 2.71 bits per heavy atom. The number of hydrogen-bond donors (Lipinski definition) is 1. The van der Waals surface area contributed by atoms with Crippen LogP contribution in [0, 0.1) is 0 Å². The highest BCUT2D eigenvalue weighted by Gasteiger charge is 1.98. The Bertz CT molecular complexity index is 108. The predicted molar refractivity (Wildman–Crippen MR) is 24.7 cm³/mol. The van der Waals surface area contributed by atoms with Crippen LogP contribution in [0.3, 0.4) is 0 Å². The molecule has 1 heterocycles. The molecule has 0 aromatic carbocycles. The van der Waals surface area contributed by atoms with E-state index in [4.69, 9.17) is 0 Å². The molecule has 1 aliphatic rings. The largest absolute Gasteiger partial charge is 0.341 e. The van der Waals surface area contributed by atoms with Crippen LogP contribution in [-0.2, 0) is 0 Å². The van der Waals surface area contributed by atoms with Gasteiger partial charge >= 0.3 is 6.03 Å². The lowest BCUT2D eigenvalue weighted by Crippen LogP contribution is -2.31. The molecule has 0 unspecified atom stereocenters. The van der Waals surface area contributed by atoms with Gasteiger partial charge in [0.1, 0.15) is 0 Å². The maximum absolute atomic E-state index is 10.1. The van der Waals surface area contributed by atoms with E-state index >= 15 is 0 Å². The van der Waals surface area contributed by atoms with Crippen LogP contribution in [0.5, 0.6) is 0 Å². The summed E-state index contributed by atoms with van der Waals surface area (Å²) in [6.07, 6.45) is 3.28. The predicted octanol–water partition coefficient (Wildman–Crippen LogP) is -0.172. The molecule has 2 amide bonds. The molecule has 37 valence electrons. The molecule has 1 rings (SSSR count). The first-order chi connectivity index (χ1) is 3.39. The molecule has 1 N–H and O–H groups in total. The number of amides is 2. The van der Waals surface area contributed by atoms with Gasteiger partial charge in [-0.15, -0.1) is 0 Å². The molecule has 1 radical (unpaired) electrons. The zero-order valence-corrected chi connectivity index (χ0v) is 3.72. The van der Waals surface area contributed by atoms with Crippen molar-refractivity contribution in [3.05, 3.63) is 12.3 Å². The van der Waals surface area contributed by atoms with Crippen LogP contribution in [0.2, 0.25) is 0 Å². The number of urea groups is 1. The molecule has 0 spiro atoms. The third kappa shape index (κ3) is 0.924. The first-order valence-electron chi connectivity index (χ1n) is 2.03. The molecule has 7 heavy (non-hydrogen) atoms. The molecule has 3 heteroatoms. The number of rotatable bonds is 0.